The zero-order valence-corrected chi connectivity index (χ0v) is 8.78. The summed E-state index contributed by atoms with van der Waals surface area (Å²) in [5.74, 6) is 1.87. The third-order valence-electron chi connectivity index (χ3n) is 2.55. The third-order valence-corrected chi connectivity index (χ3v) is 2.76. The van der Waals surface area contributed by atoms with E-state index >= 15 is 0 Å². The Morgan fingerprint density at radius 2 is 2.20 bits per heavy atom. The summed E-state index contributed by atoms with van der Waals surface area (Å²) in [7, 11) is 0. The van der Waals surface area contributed by atoms with Crippen molar-refractivity contribution < 1.29 is 0 Å². The Morgan fingerprint density at radius 1 is 1.27 bits per heavy atom. The Balaban J connectivity index is 2.13. The molecule has 4 nitrogen and oxygen atoms in total. The van der Waals surface area contributed by atoms with Crippen molar-refractivity contribution in [2.24, 2.45) is 0 Å². The minimum atomic E-state index is 0.489. The molecule has 0 saturated carbocycles. The summed E-state index contributed by atoms with van der Waals surface area (Å²) in [6.45, 7) is 0.978. The second-order valence-electron chi connectivity index (χ2n) is 3.54. The number of hydrogen-bond acceptors (Lipinski definition) is 3. The molecule has 1 aliphatic heterocycles. The van der Waals surface area contributed by atoms with Crippen LogP contribution in [-0.4, -0.2) is 19.7 Å². The minimum absolute atomic E-state index is 0.489. The molecule has 0 amide bonds. The lowest BCUT2D eigenvalue weighted by Gasteiger charge is -2.01. The predicted octanol–water partition coefficient (Wildman–Crippen LogP) is 1.94. The third kappa shape index (κ3) is 1.41. The van der Waals surface area contributed by atoms with Crippen LogP contribution in [0, 0.1) is 0 Å². The highest BCUT2D eigenvalue weighted by Gasteiger charge is 2.18. The molecular formula is C10H9ClN4. The lowest BCUT2D eigenvalue weighted by Crippen LogP contribution is -1.97. The maximum atomic E-state index is 5.84. The maximum absolute atomic E-state index is 5.84. The topological polar surface area (TPSA) is 43.6 Å². The molecule has 3 rings (SSSR count). The maximum Gasteiger partial charge on any atom is 0.182 e. The summed E-state index contributed by atoms with van der Waals surface area (Å²) < 4.78 is 2.11. The quantitative estimate of drug-likeness (QED) is 0.690. The lowest BCUT2D eigenvalue weighted by molar-refractivity contribution is 0.746. The zero-order chi connectivity index (χ0) is 10.3. The molecule has 0 aliphatic carbocycles. The fourth-order valence-corrected chi connectivity index (χ4v) is 2.04. The van der Waals surface area contributed by atoms with Crippen molar-refractivity contribution in [1.82, 2.24) is 19.7 Å². The Hall–Kier alpha value is -1.42. The molecule has 0 unspecified atom stereocenters. The first-order valence-corrected chi connectivity index (χ1v) is 5.27. The van der Waals surface area contributed by atoms with Gasteiger partial charge in [0.05, 0.1) is 0 Å². The first kappa shape index (κ1) is 8.85. The number of rotatable bonds is 1. The Bertz CT molecular complexity index is 506. The van der Waals surface area contributed by atoms with E-state index in [1.165, 1.54) is 0 Å². The molecule has 0 aromatic carbocycles. The SMILES string of the molecule is Clc1cccc(-c2nnc3n2CCC3)n1. The van der Waals surface area contributed by atoms with Crippen LogP contribution < -0.4 is 0 Å². The summed E-state index contributed by atoms with van der Waals surface area (Å²) in [4.78, 5) is 4.24. The number of pyridine rings is 1. The molecule has 0 bridgehead atoms. The van der Waals surface area contributed by atoms with Crippen molar-refractivity contribution >= 4 is 11.6 Å². The van der Waals surface area contributed by atoms with Gasteiger partial charge in [-0.25, -0.2) is 4.98 Å². The molecule has 15 heavy (non-hydrogen) atoms. The molecule has 2 aromatic heterocycles. The van der Waals surface area contributed by atoms with Crippen LogP contribution >= 0.6 is 11.6 Å². The van der Waals surface area contributed by atoms with Crippen LogP contribution in [0.4, 0.5) is 0 Å². The number of aromatic nitrogens is 4. The number of hydrogen-bond donors (Lipinski definition) is 0. The van der Waals surface area contributed by atoms with Gasteiger partial charge in [0.15, 0.2) is 5.82 Å². The van der Waals surface area contributed by atoms with Crippen LogP contribution in [0.25, 0.3) is 11.5 Å². The van der Waals surface area contributed by atoms with E-state index < -0.39 is 0 Å². The van der Waals surface area contributed by atoms with Gasteiger partial charge >= 0.3 is 0 Å². The number of aryl methyl sites for hydroxylation is 1. The van der Waals surface area contributed by atoms with Crippen LogP contribution in [-0.2, 0) is 13.0 Å². The van der Waals surface area contributed by atoms with Crippen molar-refractivity contribution in [2.45, 2.75) is 19.4 Å². The van der Waals surface area contributed by atoms with E-state index in [1.807, 2.05) is 12.1 Å². The Labute approximate surface area is 91.9 Å². The summed E-state index contributed by atoms with van der Waals surface area (Å²) in [5, 5.41) is 8.76. The molecule has 2 aromatic rings. The minimum Gasteiger partial charge on any atom is -0.310 e. The normalized spacial score (nSPS) is 14.2. The fraction of sp³-hybridized carbons (Fsp3) is 0.300. The fourth-order valence-electron chi connectivity index (χ4n) is 1.87. The van der Waals surface area contributed by atoms with Gasteiger partial charge < -0.3 is 4.57 Å². The van der Waals surface area contributed by atoms with Gasteiger partial charge in [-0.1, -0.05) is 17.7 Å². The predicted molar refractivity (Wildman–Crippen MR) is 56.6 cm³/mol. The van der Waals surface area contributed by atoms with Crippen molar-refractivity contribution in [3.05, 3.63) is 29.2 Å². The summed E-state index contributed by atoms with van der Waals surface area (Å²) in [6.07, 6.45) is 2.14. The number of nitrogens with zero attached hydrogens (tertiary/aromatic N) is 4. The molecule has 1 aliphatic rings. The van der Waals surface area contributed by atoms with Crippen molar-refractivity contribution in [3.63, 3.8) is 0 Å². The number of halogens is 1. The highest BCUT2D eigenvalue weighted by molar-refractivity contribution is 6.29. The highest BCUT2D eigenvalue weighted by Crippen LogP contribution is 2.22. The molecule has 0 saturated heterocycles. The lowest BCUT2D eigenvalue weighted by atomic mass is 10.3. The largest absolute Gasteiger partial charge is 0.310 e. The van der Waals surface area contributed by atoms with Crippen LogP contribution in [0.3, 0.4) is 0 Å². The average molecular weight is 221 g/mol. The standard InChI is InChI=1S/C10H9ClN4/c11-8-4-1-3-7(12-8)10-14-13-9-5-2-6-15(9)10/h1,3-4H,2,5-6H2. The van der Waals surface area contributed by atoms with E-state index in [4.69, 9.17) is 11.6 Å². The number of fused-ring (bicyclic) bond motifs is 1. The average Bonchev–Trinajstić information content (AvgIpc) is 2.77. The van der Waals surface area contributed by atoms with Crippen molar-refractivity contribution in [3.8, 4) is 11.5 Å². The Morgan fingerprint density at radius 3 is 3.07 bits per heavy atom. The molecule has 3 heterocycles. The second-order valence-corrected chi connectivity index (χ2v) is 3.93. The van der Waals surface area contributed by atoms with E-state index in [9.17, 15) is 0 Å². The van der Waals surface area contributed by atoms with Gasteiger partial charge in [0.2, 0.25) is 0 Å². The molecule has 76 valence electrons. The summed E-state index contributed by atoms with van der Waals surface area (Å²) in [5.41, 5.74) is 0.795. The van der Waals surface area contributed by atoms with Crippen LogP contribution in [0.2, 0.25) is 5.15 Å². The first-order chi connectivity index (χ1) is 7.34. The van der Waals surface area contributed by atoms with Gasteiger partial charge in [-0.05, 0) is 18.6 Å². The van der Waals surface area contributed by atoms with Crippen molar-refractivity contribution in [1.29, 1.82) is 0 Å². The van der Waals surface area contributed by atoms with E-state index in [1.54, 1.807) is 6.07 Å². The molecule has 0 atom stereocenters. The van der Waals surface area contributed by atoms with E-state index in [0.717, 1.165) is 36.7 Å². The molecule has 0 radical (unpaired) electrons. The highest BCUT2D eigenvalue weighted by atomic mass is 35.5. The molecular weight excluding hydrogens is 212 g/mol. The first-order valence-electron chi connectivity index (χ1n) is 4.89. The molecule has 5 heteroatoms. The van der Waals surface area contributed by atoms with Gasteiger partial charge in [0.1, 0.15) is 16.7 Å². The summed E-state index contributed by atoms with van der Waals surface area (Å²) >= 11 is 5.84. The van der Waals surface area contributed by atoms with Gasteiger partial charge in [-0.2, -0.15) is 0 Å². The summed E-state index contributed by atoms with van der Waals surface area (Å²) in [6, 6.07) is 5.54. The van der Waals surface area contributed by atoms with Crippen LogP contribution in [0.15, 0.2) is 18.2 Å². The molecule has 0 N–H and O–H groups in total. The van der Waals surface area contributed by atoms with Gasteiger partial charge in [-0.3, -0.25) is 0 Å². The smallest absolute Gasteiger partial charge is 0.182 e. The van der Waals surface area contributed by atoms with E-state index in [-0.39, 0.29) is 0 Å². The van der Waals surface area contributed by atoms with E-state index in [0.29, 0.717) is 5.15 Å². The van der Waals surface area contributed by atoms with E-state index in [2.05, 4.69) is 19.7 Å². The van der Waals surface area contributed by atoms with Crippen LogP contribution in [0.1, 0.15) is 12.2 Å². The van der Waals surface area contributed by atoms with Gasteiger partial charge in [-0.15, -0.1) is 10.2 Å². The van der Waals surface area contributed by atoms with Crippen LogP contribution in [0.5, 0.6) is 0 Å². The van der Waals surface area contributed by atoms with Gasteiger partial charge in [0, 0.05) is 13.0 Å². The monoisotopic (exact) mass is 220 g/mol. The zero-order valence-electron chi connectivity index (χ0n) is 8.02. The second kappa shape index (κ2) is 3.31. The molecule has 0 fully saturated rings. The molecule has 0 spiro atoms. The Kier molecular flexibility index (Phi) is 1.95. The van der Waals surface area contributed by atoms with Crippen molar-refractivity contribution in [2.75, 3.05) is 0 Å². The van der Waals surface area contributed by atoms with Gasteiger partial charge in [0.25, 0.3) is 0 Å².